The standard InChI is InChI=1S/C25H24FN5O2/c1-16(2)33-25-29-23(18-9-6-10-19(26)14-18)31(30-25)21-12-7-11-20(15-21)27-24(32)28-22-13-5-4-8-17(22)3/h4-16H,1-3H3,(H2,27,28,32). The lowest BCUT2D eigenvalue weighted by Gasteiger charge is -2.11. The molecule has 3 aromatic carbocycles. The van der Waals surface area contributed by atoms with Crippen LogP contribution in [0.3, 0.4) is 0 Å². The fourth-order valence-electron chi connectivity index (χ4n) is 3.26. The van der Waals surface area contributed by atoms with Crippen LogP contribution in [-0.2, 0) is 0 Å². The highest BCUT2D eigenvalue weighted by Crippen LogP contribution is 2.26. The monoisotopic (exact) mass is 445 g/mol. The van der Waals surface area contributed by atoms with E-state index in [1.807, 2.05) is 51.1 Å². The van der Waals surface area contributed by atoms with Crippen molar-refractivity contribution in [1.82, 2.24) is 14.8 Å². The van der Waals surface area contributed by atoms with E-state index < -0.39 is 0 Å². The number of carbonyl (C=O) groups is 1. The molecule has 8 heteroatoms. The molecule has 0 aliphatic heterocycles. The first kappa shape index (κ1) is 22.0. The van der Waals surface area contributed by atoms with Crippen molar-refractivity contribution in [3.63, 3.8) is 0 Å². The Hall–Kier alpha value is -4.20. The first-order chi connectivity index (χ1) is 15.9. The molecule has 4 aromatic rings. The van der Waals surface area contributed by atoms with Crippen LogP contribution in [0.25, 0.3) is 17.1 Å². The van der Waals surface area contributed by atoms with Crippen LogP contribution in [-0.4, -0.2) is 26.9 Å². The number of benzene rings is 3. The quantitative estimate of drug-likeness (QED) is 0.392. The Morgan fingerprint density at radius 2 is 1.79 bits per heavy atom. The van der Waals surface area contributed by atoms with E-state index in [-0.39, 0.29) is 24.0 Å². The zero-order valence-electron chi connectivity index (χ0n) is 18.5. The van der Waals surface area contributed by atoms with Gasteiger partial charge in [0.05, 0.1) is 11.8 Å². The number of hydrogen-bond donors (Lipinski definition) is 2. The van der Waals surface area contributed by atoms with Crippen molar-refractivity contribution in [2.45, 2.75) is 26.9 Å². The van der Waals surface area contributed by atoms with Crippen molar-refractivity contribution in [3.8, 4) is 23.1 Å². The van der Waals surface area contributed by atoms with Gasteiger partial charge in [0.15, 0.2) is 5.82 Å². The Morgan fingerprint density at radius 1 is 1.00 bits per heavy atom. The Labute approximate surface area is 191 Å². The van der Waals surface area contributed by atoms with Crippen LogP contribution in [0.5, 0.6) is 6.01 Å². The lowest BCUT2D eigenvalue weighted by Crippen LogP contribution is -2.20. The molecular formula is C25H24FN5O2. The van der Waals surface area contributed by atoms with E-state index in [1.165, 1.54) is 12.1 Å². The van der Waals surface area contributed by atoms with Crippen LogP contribution in [0.1, 0.15) is 19.4 Å². The molecule has 1 heterocycles. The number of aryl methyl sites for hydroxylation is 1. The number of rotatable bonds is 6. The Kier molecular flexibility index (Phi) is 6.35. The topological polar surface area (TPSA) is 81.1 Å². The van der Waals surface area contributed by atoms with Gasteiger partial charge in [0.1, 0.15) is 5.82 Å². The van der Waals surface area contributed by atoms with E-state index >= 15 is 0 Å². The summed E-state index contributed by atoms with van der Waals surface area (Å²) in [6, 6.07) is 20.6. The summed E-state index contributed by atoms with van der Waals surface area (Å²) in [6.07, 6.45) is -0.126. The van der Waals surface area contributed by atoms with E-state index in [0.717, 1.165) is 11.3 Å². The molecule has 0 aliphatic carbocycles. The summed E-state index contributed by atoms with van der Waals surface area (Å²) >= 11 is 0. The first-order valence-electron chi connectivity index (χ1n) is 10.5. The molecule has 33 heavy (non-hydrogen) atoms. The van der Waals surface area contributed by atoms with Crippen LogP contribution in [0.4, 0.5) is 20.6 Å². The zero-order valence-corrected chi connectivity index (χ0v) is 18.5. The summed E-state index contributed by atoms with van der Waals surface area (Å²) in [5.41, 5.74) is 3.43. The molecule has 0 fully saturated rings. The van der Waals surface area contributed by atoms with Gasteiger partial charge in [-0.05, 0) is 62.7 Å². The number of aromatic nitrogens is 3. The van der Waals surface area contributed by atoms with Crippen molar-refractivity contribution in [3.05, 3.63) is 84.2 Å². The molecule has 0 aliphatic rings. The van der Waals surface area contributed by atoms with Crippen molar-refractivity contribution < 1.29 is 13.9 Å². The van der Waals surface area contributed by atoms with Gasteiger partial charge in [-0.2, -0.15) is 4.98 Å². The molecule has 2 N–H and O–H groups in total. The second kappa shape index (κ2) is 9.52. The Morgan fingerprint density at radius 3 is 2.55 bits per heavy atom. The minimum absolute atomic E-state index is 0.126. The molecule has 1 aromatic heterocycles. The maximum absolute atomic E-state index is 13.9. The third-order valence-corrected chi connectivity index (χ3v) is 4.75. The second-order valence-corrected chi connectivity index (χ2v) is 7.75. The lowest BCUT2D eigenvalue weighted by atomic mass is 10.2. The molecule has 0 radical (unpaired) electrons. The maximum atomic E-state index is 13.9. The summed E-state index contributed by atoms with van der Waals surface area (Å²) in [5.74, 6) is 0.0448. The maximum Gasteiger partial charge on any atom is 0.336 e. The van der Waals surface area contributed by atoms with Crippen molar-refractivity contribution in [2.24, 2.45) is 0 Å². The normalized spacial score (nSPS) is 10.8. The van der Waals surface area contributed by atoms with Gasteiger partial charge >= 0.3 is 12.0 Å². The van der Waals surface area contributed by atoms with Gasteiger partial charge in [0.2, 0.25) is 0 Å². The third-order valence-electron chi connectivity index (χ3n) is 4.75. The summed E-state index contributed by atoms with van der Waals surface area (Å²) in [5, 5.41) is 10.1. The Bertz CT molecular complexity index is 1290. The van der Waals surface area contributed by atoms with Gasteiger partial charge in [-0.15, -0.1) is 5.10 Å². The molecule has 7 nitrogen and oxygen atoms in total. The molecule has 0 saturated heterocycles. The van der Waals surface area contributed by atoms with Crippen LogP contribution < -0.4 is 15.4 Å². The molecule has 2 amide bonds. The first-order valence-corrected chi connectivity index (χ1v) is 10.5. The fourth-order valence-corrected chi connectivity index (χ4v) is 3.26. The fraction of sp³-hybridized carbons (Fsp3) is 0.160. The van der Waals surface area contributed by atoms with E-state index in [4.69, 9.17) is 4.74 Å². The van der Waals surface area contributed by atoms with E-state index in [0.29, 0.717) is 22.8 Å². The molecule has 168 valence electrons. The van der Waals surface area contributed by atoms with Crippen LogP contribution >= 0.6 is 0 Å². The molecule has 0 unspecified atom stereocenters. The number of amides is 2. The molecule has 4 rings (SSSR count). The highest BCUT2D eigenvalue weighted by Gasteiger charge is 2.17. The average molecular weight is 445 g/mol. The molecular weight excluding hydrogens is 421 g/mol. The predicted molar refractivity (Wildman–Crippen MR) is 126 cm³/mol. The number of nitrogens with one attached hydrogen (secondary N) is 2. The minimum Gasteiger partial charge on any atom is -0.460 e. The van der Waals surface area contributed by atoms with E-state index in [9.17, 15) is 9.18 Å². The smallest absolute Gasteiger partial charge is 0.336 e. The van der Waals surface area contributed by atoms with Gasteiger partial charge in [-0.3, -0.25) is 0 Å². The van der Waals surface area contributed by atoms with E-state index in [2.05, 4.69) is 20.7 Å². The highest BCUT2D eigenvalue weighted by molar-refractivity contribution is 6.00. The number of para-hydroxylation sites is 1. The number of anilines is 2. The Balaban J connectivity index is 1.64. The van der Waals surface area contributed by atoms with Gasteiger partial charge < -0.3 is 15.4 Å². The third kappa shape index (κ3) is 5.35. The largest absolute Gasteiger partial charge is 0.460 e. The van der Waals surface area contributed by atoms with Crippen molar-refractivity contribution in [1.29, 1.82) is 0 Å². The molecule has 0 atom stereocenters. The lowest BCUT2D eigenvalue weighted by molar-refractivity contribution is 0.222. The number of carbonyl (C=O) groups excluding carboxylic acids is 1. The van der Waals surface area contributed by atoms with Gasteiger partial charge in [-0.1, -0.05) is 36.4 Å². The molecule has 0 spiro atoms. The minimum atomic E-state index is -0.378. The van der Waals surface area contributed by atoms with Gasteiger partial charge in [0.25, 0.3) is 0 Å². The second-order valence-electron chi connectivity index (χ2n) is 7.75. The van der Waals surface area contributed by atoms with Crippen LogP contribution in [0.15, 0.2) is 72.8 Å². The molecule has 0 bridgehead atoms. The van der Waals surface area contributed by atoms with Gasteiger partial charge in [-0.25, -0.2) is 13.9 Å². The zero-order chi connectivity index (χ0) is 23.4. The van der Waals surface area contributed by atoms with Crippen LogP contribution in [0, 0.1) is 12.7 Å². The summed E-state index contributed by atoms with van der Waals surface area (Å²) in [7, 11) is 0. The van der Waals surface area contributed by atoms with Gasteiger partial charge in [0, 0.05) is 16.9 Å². The number of hydrogen-bond acceptors (Lipinski definition) is 4. The number of halogens is 1. The van der Waals surface area contributed by atoms with E-state index in [1.54, 1.807) is 35.0 Å². The number of urea groups is 1. The highest BCUT2D eigenvalue weighted by atomic mass is 19.1. The summed E-state index contributed by atoms with van der Waals surface area (Å²) in [4.78, 5) is 17.0. The molecule has 0 saturated carbocycles. The summed E-state index contributed by atoms with van der Waals surface area (Å²) < 4.78 is 21.1. The average Bonchev–Trinajstić information content (AvgIpc) is 3.19. The van der Waals surface area contributed by atoms with Crippen molar-refractivity contribution >= 4 is 17.4 Å². The van der Waals surface area contributed by atoms with Crippen molar-refractivity contribution in [2.75, 3.05) is 10.6 Å². The number of nitrogens with zero attached hydrogens (tertiary/aromatic N) is 3. The SMILES string of the molecule is Cc1ccccc1NC(=O)Nc1cccc(-n2nc(OC(C)C)nc2-c2cccc(F)c2)c1. The predicted octanol–water partition coefficient (Wildman–Crippen LogP) is 5.81. The number of ether oxygens (including phenoxy) is 1. The van der Waals surface area contributed by atoms with Crippen LogP contribution in [0.2, 0.25) is 0 Å². The summed E-state index contributed by atoms with van der Waals surface area (Å²) in [6.45, 7) is 5.67.